The van der Waals surface area contributed by atoms with Crippen LogP contribution in [0.2, 0.25) is 0 Å². The molecule has 1 N–H and O–H groups in total. The molecule has 3 heterocycles. The lowest BCUT2D eigenvalue weighted by Crippen LogP contribution is -2.72. The van der Waals surface area contributed by atoms with E-state index < -0.39 is 0 Å². The summed E-state index contributed by atoms with van der Waals surface area (Å²) in [5.41, 5.74) is 6.35. The lowest BCUT2D eigenvalue weighted by molar-refractivity contribution is -0.0675. The van der Waals surface area contributed by atoms with Gasteiger partial charge in [0.05, 0.1) is 0 Å². The van der Waals surface area contributed by atoms with Crippen LogP contribution in [-0.2, 0) is 19.3 Å². The van der Waals surface area contributed by atoms with Crippen molar-refractivity contribution in [2.45, 2.75) is 59.4 Å². The van der Waals surface area contributed by atoms with Gasteiger partial charge >= 0.3 is 0 Å². The van der Waals surface area contributed by atoms with E-state index in [1.54, 1.807) is 5.56 Å². The minimum atomic E-state index is 0.652. The Kier molecular flexibility index (Phi) is 4.56. The largest absolute Gasteiger partial charge is 0.315 e. The minimum absolute atomic E-state index is 0.652. The number of aromatic nitrogens is 1. The molecule has 4 rings (SSSR count). The fraction of sp³-hybridized carbons (Fsp3) is 0.737. The van der Waals surface area contributed by atoms with E-state index >= 15 is 0 Å². The van der Waals surface area contributed by atoms with E-state index in [-0.39, 0.29) is 0 Å². The van der Waals surface area contributed by atoms with Gasteiger partial charge in [-0.2, -0.15) is 0 Å². The summed E-state index contributed by atoms with van der Waals surface area (Å²) >= 11 is 0. The summed E-state index contributed by atoms with van der Waals surface area (Å²) in [5, 5.41) is 3.43. The molecule has 3 nitrogen and oxygen atoms in total. The maximum Gasteiger partial charge on any atom is 0.0442 e. The number of aryl methyl sites for hydroxylation is 3. The molecule has 1 aromatic rings. The molecule has 0 amide bonds. The van der Waals surface area contributed by atoms with Crippen molar-refractivity contribution in [1.29, 1.82) is 0 Å². The van der Waals surface area contributed by atoms with Crippen molar-refractivity contribution < 1.29 is 0 Å². The van der Waals surface area contributed by atoms with Crippen molar-refractivity contribution in [3.63, 3.8) is 0 Å². The summed E-state index contributed by atoms with van der Waals surface area (Å²) in [5.74, 6) is 0. The molecule has 0 saturated carbocycles. The first-order valence-corrected chi connectivity index (χ1v) is 9.12. The Labute approximate surface area is 135 Å². The molecule has 0 radical (unpaired) electrons. The average molecular weight is 301 g/mol. The molecule has 1 aliphatic carbocycles. The fourth-order valence-corrected chi connectivity index (χ4v) is 4.34. The number of hydrogen-bond donors (Lipinski definition) is 1. The number of rotatable bonds is 2. The molecule has 122 valence electrons. The van der Waals surface area contributed by atoms with Crippen LogP contribution in [0.1, 0.15) is 49.7 Å². The molecular formula is C19H31N3. The normalized spacial score (nSPS) is 25.5. The van der Waals surface area contributed by atoms with Gasteiger partial charge in [0.15, 0.2) is 0 Å². The molecule has 0 bridgehead atoms. The molecule has 1 spiro atoms. The van der Waals surface area contributed by atoms with Crippen LogP contribution < -0.4 is 5.32 Å². The standard InChI is InChI=1S/C17H25N3.C2H6/c1-3-13-6-12(2)19-16-5-4-14(7-15(13)16)20-10-17(11-20)8-18-9-17;1-2/h6,14,18H,3-5,7-11H2,1-2H3;1-2H3. The zero-order chi connectivity index (χ0) is 15.7. The third kappa shape index (κ3) is 2.69. The van der Waals surface area contributed by atoms with Crippen LogP contribution in [0.15, 0.2) is 6.07 Å². The Balaban J connectivity index is 0.000000693. The van der Waals surface area contributed by atoms with Gasteiger partial charge in [-0.3, -0.25) is 9.88 Å². The van der Waals surface area contributed by atoms with Crippen molar-refractivity contribution >= 4 is 0 Å². The number of hydrogen-bond acceptors (Lipinski definition) is 3. The van der Waals surface area contributed by atoms with Gasteiger partial charge < -0.3 is 5.32 Å². The Morgan fingerprint density at radius 1 is 1.32 bits per heavy atom. The third-order valence-corrected chi connectivity index (χ3v) is 5.56. The first-order valence-electron chi connectivity index (χ1n) is 9.12. The van der Waals surface area contributed by atoms with Crippen molar-refractivity contribution in [3.05, 3.63) is 28.6 Å². The van der Waals surface area contributed by atoms with Crippen LogP contribution in [0.5, 0.6) is 0 Å². The van der Waals surface area contributed by atoms with E-state index in [0.717, 1.165) is 12.5 Å². The van der Waals surface area contributed by atoms with E-state index in [1.165, 1.54) is 62.4 Å². The highest BCUT2D eigenvalue weighted by Crippen LogP contribution is 2.38. The van der Waals surface area contributed by atoms with Gasteiger partial charge in [0, 0.05) is 49.0 Å². The first kappa shape index (κ1) is 15.9. The summed E-state index contributed by atoms with van der Waals surface area (Å²) in [4.78, 5) is 7.51. The Bertz CT molecular complexity index is 508. The quantitative estimate of drug-likeness (QED) is 0.910. The van der Waals surface area contributed by atoms with Crippen molar-refractivity contribution in [3.8, 4) is 0 Å². The maximum absolute atomic E-state index is 4.79. The molecule has 2 aliphatic heterocycles. The molecule has 2 saturated heterocycles. The topological polar surface area (TPSA) is 28.2 Å². The van der Waals surface area contributed by atoms with E-state index in [9.17, 15) is 0 Å². The number of nitrogens with zero attached hydrogens (tertiary/aromatic N) is 2. The highest BCUT2D eigenvalue weighted by atomic mass is 15.3. The lowest BCUT2D eigenvalue weighted by atomic mass is 9.72. The highest BCUT2D eigenvalue weighted by Gasteiger charge is 2.49. The van der Waals surface area contributed by atoms with Crippen LogP contribution in [0, 0.1) is 12.3 Å². The summed E-state index contributed by atoms with van der Waals surface area (Å²) in [6.07, 6.45) is 4.86. The first-order chi connectivity index (χ1) is 10.7. The summed E-state index contributed by atoms with van der Waals surface area (Å²) in [6.45, 7) is 13.5. The van der Waals surface area contributed by atoms with Gasteiger partial charge in [-0.05, 0) is 49.8 Å². The molecule has 0 aromatic carbocycles. The molecular weight excluding hydrogens is 270 g/mol. The third-order valence-electron chi connectivity index (χ3n) is 5.56. The molecule has 2 fully saturated rings. The fourth-order valence-electron chi connectivity index (χ4n) is 4.34. The van der Waals surface area contributed by atoms with E-state index in [0.29, 0.717) is 5.41 Å². The van der Waals surface area contributed by atoms with Gasteiger partial charge in [-0.15, -0.1) is 0 Å². The molecule has 1 atom stereocenters. The number of pyridine rings is 1. The summed E-state index contributed by atoms with van der Waals surface area (Å²) < 4.78 is 0. The van der Waals surface area contributed by atoms with Crippen molar-refractivity contribution in [1.82, 2.24) is 15.2 Å². The van der Waals surface area contributed by atoms with Gasteiger partial charge in [0.1, 0.15) is 0 Å². The second-order valence-corrected chi connectivity index (χ2v) is 7.11. The molecule has 1 unspecified atom stereocenters. The van der Waals surface area contributed by atoms with Crippen molar-refractivity contribution in [2.75, 3.05) is 26.2 Å². The number of likely N-dealkylation sites (tertiary alicyclic amines) is 1. The number of fused-ring (bicyclic) bond motifs is 1. The maximum atomic E-state index is 4.79. The SMILES string of the molecule is CC.CCc1cc(C)nc2c1CC(N1CC3(CNC3)C1)CC2. The van der Waals surface area contributed by atoms with Gasteiger partial charge in [-0.1, -0.05) is 20.8 Å². The predicted octanol–water partition coefficient (Wildman–Crippen LogP) is 2.74. The second kappa shape index (κ2) is 6.29. The van der Waals surface area contributed by atoms with Crippen LogP contribution in [0.25, 0.3) is 0 Å². The average Bonchev–Trinajstić information content (AvgIpc) is 2.45. The Morgan fingerprint density at radius 3 is 2.64 bits per heavy atom. The van der Waals surface area contributed by atoms with E-state index in [4.69, 9.17) is 4.98 Å². The highest BCUT2D eigenvalue weighted by molar-refractivity contribution is 5.35. The lowest BCUT2D eigenvalue weighted by Gasteiger charge is -2.59. The molecule has 3 heteroatoms. The summed E-state index contributed by atoms with van der Waals surface area (Å²) in [6, 6.07) is 3.07. The van der Waals surface area contributed by atoms with E-state index in [1.807, 2.05) is 13.8 Å². The predicted molar refractivity (Wildman–Crippen MR) is 92.4 cm³/mol. The van der Waals surface area contributed by atoms with Crippen molar-refractivity contribution in [2.24, 2.45) is 5.41 Å². The molecule has 22 heavy (non-hydrogen) atoms. The Morgan fingerprint density at radius 2 is 2.05 bits per heavy atom. The minimum Gasteiger partial charge on any atom is -0.315 e. The smallest absolute Gasteiger partial charge is 0.0442 e. The van der Waals surface area contributed by atoms with Crippen LogP contribution >= 0.6 is 0 Å². The zero-order valence-electron chi connectivity index (χ0n) is 14.7. The van der Waals surface area contributed by atoms with Crippen LogP contribution in [0.4, 0.5) is 0 Å². The van der Waals surface area contributed by atoms with Crippen LogP contribution in [0.3, 0.4) is 0 Å². The van der Waals surface area contributed by atoms with E-state index in [2.05, 4.69) is 30.1 Å². The molecule has 3 aliphatic rings. The van der Waals surface area contributed by atoms with Crippen LogP contribution in [-0.4, -0.2) is 42.1 Å². The number of nitrogens with one attached hydrogen (secondary N) is 1. The second-order valence-electron chi connectivity index (χ2n) is 7.11. The summed E-state index contributed by atoms with van der Waals surface area (Å²) in [7, 11) is 0. The monoisotopic (exact) mass is 301 g/mol. The van der Waals surface area contributed by atoms with Gasteiger partial charge in [-0.25, -0.2) is 0 Å². The Hall–Kier alpha value is -0.930. The van der Waals surface area contributed by atoms with Gasteiger partial charge in [0.25, 0.3) is 0 Å². The molecule has 1 aromatic heterocycles. The van der Waals surface area contributed by atoms with Gasteiger partial charge in [0.2, 0.25) is 0 Å². The zero-order valence-corrected chi connectivity index (χ0v) is 14.7.